The van der Waals surface area contributed by atoms with Crippen LogP contribution in [0.1, 0.15) is 13.8 Å². The molecule has 1 heterocycles. The highest BCUT2D eigenvalue weighted by Crippen LogP contribution is 2.26. The quantitative estimate of drug-likeness (QED) is 0.784. The van der Waals surface area contributed by atoms with Crippen molar-refractivity contribution in [2.45, 2.75) is 23.6 Å². The highest BCUT2D eigenvalue weighted by Gasteiger charge is 2.22. The average molecular weight is 226 g/mol. The molecule has 0 aliphatic carbocycles. The van der Waals surface area contributed by atoms with E-state index in [1.54, 1.807) is 23.1 Å². The topological polar surface area (TPSA) is 35.8 Å². The predicted molar refractivity (Wildman–Crippen MR) is 62.7 cm³/mol. The van der Waals surface area contributed by atoms with Gasteiger partial charge >= 0.3 is 0 Å². The number of hydrogen-bond donors (Lipinski definition) is 1. The van der Waals surface area contributed by atoms with Crippen LogP contribution in [-0.4, -0.2) is 17.8 Å². The summed E-state index contributed by atoms with van der Waals surface area (Å²) >= 11 is 3.45. The molecule has 76 valence electrons. The molecule has 0 bridgehead atoms. The molecule has 0 fully saturated rings. The molecular weight excluding hydrogens is 212 g/mol. The molecule has 1 aromatic heterocycles. The minimum absolute atomic E-state index is 0.413. The van der Waals surface area contributed by atoms with Gasteiger partial charge in [-0.2, -0.15) is 5.26 Å². The van der Waals surface area contributed by atoms with Crippen molar-refractivity contribution in [3.05, 3.63) is 17.5 Å². The van der Waals surface area contributed by atoms with Gasteiger partial charge in [0.15, 0.2) is 0 Å². The zero-order valence-corrected chi connectivity index (χ0v) is 10.0. The van der Waals surface area contributed by atoms with Crippen LogP contribution in [0.5, 0.6) is 0 Å². The van der Waals surface area contributed by atoms with Gasteiger partial charge < -0.3 is 0 Å². The molecule has 1 unspecified atom stereocenters. The fraction of sp³-hybridized carbons (Fsp3) is 0.500. The molecule has 0 saturated carbocycles. The monoisotopic (exact) mass is 226 g/mol. The molecule has 1 atom stereocenters. The third-order valence-electron chi connectivity index (χ3n) is 1.81. The number of nitrogens with one attached hydrogen (secondary N) is 1. The molecule has 2 nitrogen and oxygen atoms in total. The van der Waals surface area contributed by atoms with Crippen molar-refractivity contribution in [1.82, 2.24) is 5.32 Å². The standard InChI is InChI=1S/C10H14N2S2/c1-3-12-10(2,7-11)8-14-9-5-4-6-13-9/h4-6,12H,3,8H2,1-2H3. The lowest BCUT2D eigenvalue weighted by Gasteiger charge is -2.21. The number of nitrogens with zero attached hydrogens (tertiary/aromatic N) is 1. The number of thiophene rings is 1. The zero-order valence-electron chi connectivity index (χ0n) is 8.41. The number of rotatable bonds is 5. The van der Waals surface area contributed by atoms with Crippen LogP contribution in [0.15, 0.2) is 21.7 Å². The summed E-state index contributed by atoms with van der Waals surface area (Å²) in [6.07, 6.45) is 0. The van der Waals surface area contributed by atoms with Crippen LogP contribution < -0.4 is 5.32 Å². The summed E-state index contributed by atoms with van der Waals surface area (Å²) in [4.78, 5) is 0. The van der Waals surface area contributed by atoms with Gasteiger partial charge in [-0.15, -0.1) is 23.1 Å². The first-order chi connectivity index (χ1) is 6.70. The van der Waals surface area contributed by atoms with E-state index in [2.05, 4.69) is 22.8 Å². The zero-order chi connectivity index (χ0) is 10.4. The SMILES string of the molecule is CCNC(C)(C#N)CSc1cccs1. The molecule has 4 heteroatoms. The van der Waals surface area contributed by atoms with Crippen molar-refractivity contribution in [2.75, 3.05) is 12.3 Å². The van der Waals surface area contributed by atoms with Crippen LogP contribution in [0.2, 0.25) is 0 Å². The maximum Gasteiger partial charge on any atom is 0.113 e. The second kappa shape index (κ2) is 5.40. The first-order valence-corrected chi connectivity index (χ1v) is 6.39. The Morgan fingerprint density at radius 1 is 1.71 bits per heavy atom. The van der Waals surface area contributed by atoms with E-state index in [4.69, 9.17) is 5.26 Å². The molecule has 0 amide bonds. The van der Waals surface area contributed by atoms with Crippen molar-refractivity contribution in [3.63, 3.8) is 0 Å². The molecule has 0 radical (unpaired) electrons. The van der Waals surface area contributed by atoms with Gasteiger partial charge in [-0.25, -0.2) is 0 Å². The second-order valence-corrected chi connectivity index (χ2v) is 5.42. The third-order valence-corrected chi connectivity index (χ3v) is 4.26. The van der Waals surface area contributed by atoms with E-state index in [1.165, 1.54) is 4.21 Å². The van der Waals surface area contributed by atoms with Gasteiger partial charge in [0.25, 0.3) is 0 Å². The van der Waals surface area contributed by atoms with Gasteiger partial charge in [-0.3, -0.25) is 5.32 Å². The van der Waals surface area contributed by atoms with Crippen LogP contribution in [0.25, 0.3) is 0 Å². The van der Waals surface area contributed by atoms with Crippen LogP contribution >= 0.6 is 23.1 Å². The summed E-state index contributed by atoms with van der Waals surface area (Å²) in [5.74, 6) is 0.790. The van der Waals surface area contributed by atoms with Crippen LogP contribution in [0, 0.1) is 11.3 Å². The molecule has 1 N–H and O–H groups in total. The summed E-state index contributed by atoms with van der Waals surface area (Å²) < 4.78 is 1.27. The van der Waals surface area contributed by atoms with E-state index in [0.717, 1.165) is 12.3 Å². The lowest BCUT2D eigenvalue weighted by Crippen LogP contribution is -2.43. The van der Waals surface area contributed by atoms with Crippen molar-refractivity contribution < 1.29 is 0 Å². The molecule has 0 aromatic carbocycles. The first kappa shape index (κ1) is 11.6. The molecule has 14 heavy (non-hydrogen) atoms. The largest absolute Gasteiger partial charge is 0.299 e. The minimum atomic E-state index is -0.413. The Labute approximate surface area is 93.3 Å². The van der Waals surface area contributed by atoms with E-state index >= 15 is 0 Å². The van der Waals surface area contributed by atoms with Gasteiger partial charge in [0.05, 0.1) is 10.3 Å². The lowest BCUT2D eigenvalue weighted by molar-refractivity contribution is 0.511. The fourth-order valence-electron chi connectivity index (χ4n) is 1.07. The van der Waals surface area contributed by atoms with E-state index in [1.807, 2.05) is 19.9 Å². The van der Waals surface area contributed by atoms with Gasteiger partial charge in [0, 0.05) is 5.75 Å². The Bertz CT molecular complexity index is 302. The lowest BCUT2D eigenvalue weighted by atomic mass is 10.1. The predicted octanol–water partition coefficient (Wildman–Crippen LogP) is 2.73. The first-order valence-electron chi connectivity index (χ1n) is 4.53. The fourth-order valence-corrected chi connectivity index (χ4v) is 2.91. The van der Waals surface area contributed by atoms with E-state index in [-0.39, 0.29) is 0 Å². The molecule has 1 aromatic rings. The van der Waals surface area contributed by atoms with Gasteiger partial charge in [0.2, 0.25) is 0 Å². The maximum absolute atomic E-state index is 9.02. The van der Waals surface area contributed by atoms with Gasteiger partial charge in [0.1, 0.15) is 5.54 Å². The summed E-state index contributed by atoms with van der Waals surface area (Å²) in [6.45, 7) is 4.79. The Kier molecular flexibility index (Phi) is 4.46. The summed E-state index contributed by atoms with van der Waals surface area (Å²) in [6, 6.07) is 6.43. The van der Waals surface area contributed by atoms with Crippen LogP contribution in [0.4, 0.5) is 0 Å². The third kappa shape index (κ3) is 3.33. The van der Waals surface area contributed by atoms with E-state index in [0.29, 0.717) is 0 Å². The maximum atomic E-state index is 9.02. The van der Waals surface area contributed by atoms with Gasteiger partial charge in [-0.1, -0.05) is 13.0 Å². The number of hydrogen-bond acceptors (Lipinski definition) is 4. The summed E-state index contributed by atoms with van der Waals surface area (Å²) in [7, 11) is 0. The normalized spacial score (nSPS) is 14.6. The Hall–Kier alpha value is -0.500. The average Bonchev–Trinajstić information content (AvgIpc) is 2.68. The summed E-state index contributed by atoms with van der Waals surface area (Å²) in [5.41, 5.74) is -0.413. The Morgan fingerprint density at radius 3 is 3.00 bits per heavy atom. The highest BCUT2D eigenvalue weighted by molar-refractivity contribution is 8.01. The van der Waals surface area contributed by atoms with E-state index < -0.39 is 5.54 Å². The smallest absolute Gasteiger partial charge is 0.113 e. The molecule has 0 spiro atoms. The molecule has 0 aliphatic heterocycles. The molecule has 0 saturated heterocycles. The summed E-state index contributed by atoms with van der Waals surface area (Å²) in [5, 5.41) is 14.3. The minimum Gasteiger partial charge on any atom is -0.299 e. The Balaban J connectivity index is 2.46. The van der Waals surface area contributed by atoms with Crippen molar-refractivity contribution >= 4 is 23.1 Å². The van der Waals surface area contributed by atoms with Crippen LogP contribution in [-0.2, 0) is 0 Å². The Morgan fingerprint density at radius 2 is 2.50 bits per heavy atom. The van der Waals surface area contributed by atoms with Crippen molar-refractivity contribution in [3.8, 4) is 6.07 Å². The number of nitriles is 1. The molecule has 1 rings (SSSR count). The van der Waals surface area contributed by atoms with Crippen molar-refractivity contribution in [1.29, 1.82) is 5.26 Å². The van der Waals surface area contributed by atoms with Gasteiger partial charge in [-0.05, 0) is 24.9 Å². The van der Waals surface area contributed by atoms with Crippen molar-refractivity contribution in [2.24, 2.45) is 0 Å². The number of thioether (sulfide) groups is 1. The van der Waals surface area contributed by atoms with E-state index in [9.17, 15) is 0 Å². The molecule has 0 aliphatic rings. The highest BCUT2D eigenvalue weighted by atomic mass is 32.2. The van der Waals surface area contributed by atoms with Crippen LogP contribution in [0.3, 0.4) is 0 Å². The second-order valence-electron chi connectivity index (χ2n) is 3.20. The molecular formula is C10H14N2S2.